The summed E-state index contributed by atoms with van der Waals surface area (Å²) in [6, 6.07) is 92.2. The second-order valence-corrected chi connectivity index (χ2v) is 18.0. The normalized spacial score (nSPS) is 13.6. The Kier molecular flexibility index (Phi) is 9.14. The van der Waals surface area contributed by atoms with Crippen LogP contribution in [0.3, 0.4) is 0 Å². The maximum Gasteiger partial charge on any atom is 0.0714 e. The van der Waals surface area contributed by atoms with E-state index in [4.69, 9.17) is 0 Å². The zero-order chi connectivity index (χ0) is 43.5. The third kappa shape index (κ3) is 6.15. The molecule has 2 aliphatic rings. The summed E-state index contributed by atoms with van der Waals surface area (Å²) in [4.78, 5) is 2.53. The van der Waals surface area contributed by atoms with Gasteiger partial charge in [-0.3, -0.25) is 0 Å². The van der Waals surface area contributed by atoms with Crippen LogP contribution in [0.15, 0.2) is 249 Å². The largest absolute Gasteiger partial charge is 0.310 e. The highest BCUT2D eigenvalue weighted by Gasteiger charge is 2.47. The fourth-order valence-corrected chi connectivity index (χ4v) is 11.1. The molecule has 0 saturated carbocycles. The Bertz CT molecular complexity index is 3310. The Morgan fingerprint density at radius 3 is 1.29 bits per heavy atom. The molecule has 0 spiro atoms. The number of nitrogens with zero attached hydrogens (tertiary/aromatic N) is 1. The van der Waals surface area contributed by atoms with E-state index in [0.717, 1.165) is 22.6 Å². The van der Waals surface area contributed by atoms with Gasteiger partial charge in [0.15, 0.2) is 0 Å². The molecule has 2 aliphatic carbocycles. The molecular formula is C64H47N. The summed E-state index contributed by atoms with van der Waals surface area (Å²) in [6.45, 7) is 4.75. The van der Waals surface area contributed by atoms with Gasteiger partial charge in [0.05, 0.1) is 11.1 Å². The van der Waals surface area contributed by atoms with Gasteiger partial charge in [0.25, 0.3) is 0 Å². The van der Waals surface area contributed by atoms with Crippen molar-refractivity contribution in [1.29, 1.82) is 0 Å². The van der Waals surface area contributed by atoms with Crippen molar-refractivity contribution in [1.82, 2.24) is 0 Å². The zero-order valence-electron chi connectivity index (χ0n) is 36.6. The number of hydrogen-bond donors (Lipinski definition) is 0. The standard InChI is InChI=1S/C64H47N/c1-63(2)58-29-17-15-27-53(58)55-40-39-52(41-60(55)63)65(51-37-35-47(36-38-51)45-21-9-4-10-22-45)62-43-61-57(42-56(62)48-33-31-46(32-34-48)44-19-7-3-8-20-44)54-28-16-18-30-59(54)64(61,49-23-11-5-12-24-49)50-25-13-6-14-26-50/h3-43H,1-2H3. The van der Waals surface area contributed by atoms with Crippen LogP contribution in [0.2, 0.25) is 0 Å². The summed E-state index contributed by atoms with van der Waals surface area (Å²) in [5.74, 6) is 0. The van der Waals surface area contributed by atoms with Crippen LogP contribution in [0.1, 0.15) is 47.2 Å². The van der Waals surface area contributed by atoms with E-state index in [1.54, 1.807) is 0 Å². The van der Waals surface area contributed by atoms with Crippen molar-refractivity contribution in [2.45, 2.75) is 24.7 Å². The minimum atomic E-state index is -0.566. The lowest BCUT2D eigenvalue weighted by Gasteiger charge is -2.35. The molecule has 0 aromatic heterocycles. The number of anilines is 3. The predicted octanol–water partition coefficient (Wildman–Crippen LogP) is 16.8. The Morgan fingerprint density at radius 2 is 0.708 bits per heavy atom. The van der Waals surface area contributed by atoms with Gasteiger partial charge < -0.3 is 4.90 Å². The van der Waals surface area contributed by atoms with Crippen molar-refractivity contribution < 1.29 is 0 Å². The summed E-state index contributed by atoms with van der Waals surface area (Å²) < 4.78 is 0. The average molecular weight is 830 g/mol. The molecule has 0 aliphatic heterocycles. The summed E-state index contributed by atoms with van der Waals surface area (Å²) in [7, 11) is 0. The van der Waals surface area contributed by atoms with Gasteiger partial charge in [0.2, 0.25) is 0 Å². The van der Waals surface area contributed by atoms with E-state index < -0.39 is 5.41 Å². The molecule has 65 heavy (non-hydrogen) atoms. The number of fused-ring (bicyclic) bond motifs is 6. The van der Waals surface area contributed by atoms with Crippen molar-refractivity contribution in [2.24, 2.45) is 0 Å². The summed E-state index contributed by atoms with van der Waals surface area (Å²) in [5, 5.41) is 0. The first-order valence-corrected chi connectivity index (χ1v) is 22.8. The average Bonchev–Trinajstić information content (AvgIpc) is 3.80. The lowest BCUT2D eigenvalue weighted by Crippen LogP contribution is -2.28. The Balaban J connectivity index is 1.16. The quantitative estimate of drug-likeness (QED) is 0.147. The molecule has 0 radical (unpaired) electrons. The number of rotatable bonds is 8. The summed E-state index contributed by atoms with van der Waals surface area (Å²) in [6.07, 6.45) is 0. The van der Waals surface area contributed by atoms with Gasteiger partial charge >= 0.3 is 0 Å². The summed E-state index contributed by atoms with van der Waals surface area (Å²) in [5.41, 5.74) is 22.7. The smallest absolute Gasteiger partial charge is 0.0714 e. The first-order chi connectivity index (χ1) is 32.0. The first kappa shape index (κ1) is 38.7. The van der Waals surface area contributed by atoms with Crippen molar-refractivity contribution >= 4 is 17.1 Å². The molecule has 0 saturated heterocycles. The molecule has 0 atom stereocenters. The third-order valence-corrected chi connectivity index (χ3v) is 14.2. The van der Waals surface area contributed by atoms with Crippen molar-refractivity contribution in [3.05, 3.63) is 282 Å². The molecule has 308 valence electrons. The van der Waals surface area contributed by atoms with Crippen molar-refractivity contribution in [3.8, 4) is 55.6 Å². The second-order valence-electron chi connectivity index (χ2n) is 18.0. The molecule has 10 aromatic rings. The maximum absolute atomic E-state index is 2.54. The van der Waals surface area contributed by atoms with E-state index in [9.17, 15) is 0 Å². The molecular weight excluding hydrogens is 783 g/mol. The first-order valence-electron chi connectivity index (χ1n) is 22.8. The topological polar surface area (TPSA) is 3.24 Å². The molecule has 0 amide bonds. The Labute approximate surface area is 382 Å². The van der Waals surface area contributed by atoms with Gasteiger partial charge in [0.1, 0.15) is 0 Å². The Morgan fingerprint density at radius 1 is 0.277 bits per heavy atom. The van der Waals surface area contributed by atoms with Gasteiger partial charge in [-0.2, -0.15) is 0 Å². The minimum Gasteiger partial charge on any atom is -0.310 e. The van der Waals surface area contributed by atoms with Crippen LogP contribution in [0, 0.1) is 0 Å². The Hall–Kier alpha value is -8.00. The molecule has 0 N–H and O–H groups in total. The van der Waals surface area contributed by atoms with E-state index in [0.29, 0.717) is 0 Å². The predicted molar refractivity (Wildman–Crippen MR) is 272 cm³/mol. The van der Waals surface area contributed by atoms with Crippen LogP contribution in [-0.2, 0) is 10.8 Å². The third-order valence-electron chi connectivity index (χ3n) is 14.2. The number of benzene rings is 10. The van der Waals surface area contributed by atoms with Crippen LogP contribution in [-0.4, -0.2) is 0 Å². The fraction of sp³-hybridized carbons (Fsp3) is 0.0625. The van der Waals surface area contributed by atoms with E-state index in [1.807, 2.05) is 0 Å². The lowest BCUT2D eigenvalue weighted by molar-refractivity contribution is 0.660. The van der Waals surface area contributed by atoms with Crippen LogP contribution >= 0.6 is 0 Å². The molecule has 0 unspecified atom stereocenters. The highest BCUT2D eigenvalue weighted by molar-refractivity contribution is 5.97. The second kappa shape index (κ2) is 15.4. The monoisotopic (exact) mass is 829 g/mol. The highest BCUT2D eigenvalue weighted by Crippen LogP contribution is 2.59. The minimum absolute atomic E-state index is 0.170. The van der Waals surface area contributed by atoms with E-state index in [1.165, 1.54) is 83.5 Å². The van der Waals surface area contributed by atoms with Crippen molar-refractivity contribution in [2.75, 3.05) is 4.90 Å². The van der Waals surface area contributed by atoms with Crippen LogP contribution in [0.4, 0.5) is 17.1 Å². The molecule has 0 bridgehead atoms. The lowest BCUT2D eigenvalue weighted by atomic mass is 9.67. The number of hydrogen-bond acceptors (Lipinski definition) is 1. The van der Waals surface area contributed by atoms with E-state index >= 15 is 0 Å². The van der Waals surface area contributed by atoms with E-state index in [2.05, 4.69) is 267 Å². The molecule has 0 heterocycles. The van der Waals surface area contributed by atoms with Crippen LogP contribution in [0.25, 0.3) is 55.6 Å². The zero-order valence-corrected chi connectivity index (χ0v) is 36.6. The molecule has 1 nitrogen and oxygen atoms in total. The maximum atomic E-state index is 2.54. The SMILES string of the molecule is CC1(C)c2ccccc2-c2ccc(N(c3ccc(-c4ccccc4)cc3)c3cc4c(cc3-c3ccc(-c5ccccc5)cc3)-c3ccccc3C4(c3ccccc3)c3ccccc3)cc21. The van der Waals surface area contributed by atoms with Gasteiger partial charge in [-0.25, -0.2) is 0 Å². The molecule has 10 aromatic carbocycles. The van der Waals surface area contributed by atoms with Crippen LogP contribution < -0.4 is 4.90 Å². The van der Waals surface area contributed by atoms with Crippen LogP contribution in [0.5, 0.6) is 0 Å². The summed E-state index contributed by atoms with van der Waals surface area (Å²) >= 11 is 0. The molecule has 1 heteroatoms. The molecule has 12 rings (SSSR count). The van der Waals surface area contributed by atoms with Crippen molar-refractivity contribution in [3.63, 3.8) is 0 Å². The fourth-order valence-electron chi connectivity index (χ4n) is 11.1. The van der Waals surface area contributed by atoms with Gasteiger partial charge in [-0.1, -0.05) is 226 Å². The van der Waals surface area contributed by atoms with Gasteiger partial charge in [0, 0.05) is 22.4 Å². The molecule has 0 fully saturated rings. The highest BCUT2D eigenvalue weighted by atomic mass is 15.1. The van der Waals surface area contributed by atoms with Gasteiger partial charge in [-0.05, 0) is 120 Å². The van der Waals surface area contributed by atoms with Gasteiger partial charge in [-0.15, -0.1) is 0 Å². The van der Waals surface area contributed by atoms with E-state index in [-0.39, 0.29) is 5.41 Å².